The van der Waals surface area contributed by atoms with Crippen molar-refractivity contribution in [2.24, 2.45) is 5.92 Å². The predicted octanol–water partition coefficient (Wildman–Crippen LogP) is 2.63. The van der Waals surface area contributed by atoms with Gasteiger partial charge in [-0.2, -0.15) is 0 Å². The first-order chi connectivity index (χ1) is 18.3. The van der Waals surface area contributed by atoms with Crippen LogP contribution in [0.5, 0.6) is 5.75 Å². The minimum absolute atomic E-state index is 0.0576. The molecule has 204 valence electrons. The molecule has 2 saturated heterocycles. The van der Waals surface area contributed by atoms with Crippen LogP contribution in [0.15, 0.2) is 24.3 Å². The van der Waals surface area contributed by atoms with E-state index >= 15 is 0 Å². The zero-order valence-corrected chi connectivity index (χ0v) is 22.1. The molecule has 3 heterocycles. The number of amides is 4. The number of carbonyl (C=O) groups is 2. The Bertz CT molecular complexity index is 1160. The van der Waals surface area contributed by atoms with Crippen molar-refractivity contribution in [3.63, 3.8) is 0 Å². The molecule has 5 N–H and O–H groups in total. The van der Waals surface area contributed by atoms with Gasteiger partial charge in [0, 0.05) is 56.4 Å². The summed E-state index contributed by atoms with van der Waals surface area (Å²) in [5.41, 5.74) is 1.74. The minimum atomic E-state index is -0.322. The summed E-state index contributed by atoms with van der Waals surface area (Å²) in [6.45, 7) is 7.07. The number of aromatic hydroxyl groups is 1. The van der Waals surface area contributed by atoms with E-state index in [9.17, 15) is 14.7 Å². The maximum absolute atomic E-state index is 12.4. The highest BCUT2D eigenvalue weighted by atomic mass is 16.5. The van der Waals surface area contributed by atoms with Crippen LogP contribution >= 0.6 is 0 Å². The van der Waals surface area contributed by atoms with E-state index in [1.807, 2.05) is 18.7 Å². The molecule has 0 saturated carbocycles. The van der Waals surface area contributed by atoms with Gasteiger partial charge in [-0.15, -0.1) is 0 Å². The maximum Gasteiger partial charge on any atom is 0.318 e. The van der Waals surface area contributed by atoms with Gasteiger partial charge in [-0.3, -0.25) is 0 Å². The monoisotopic (exact) mass is 524 g/mol. The fourth-order valence-corrected chi connectivity index (χ4v) is 4.55. The molecule has 12 heteroatoms. The summed E-state index contributed by atoms with van der Waals surface area (Å²) in [6, 6.07) is 6.72. The smallest absolute Gasteiger partial charge is 0.318 e. The van der Waals surface area contributed by atoms with Crippen molar-refractivity contribution in [3.05, 3.63) is 30.0 Å². The molecule has 38 heavy (non-hydrogen) atoms. The Morgan fingerprint density at radius 1 is 1.08 bits per heavy atom. The van der Waals surface area contributed by atoms with Crippen molar-refractivity contribution in [1.29, 1.82) is 5.41 Å². The second kappa shape index (κ2) is 12.1. The summed E-state index contributed by atoms with van der Waals surface area (Å²) >= 11 is 0. The Morgan fingerprint density at radius 3 is 2.34 bits per heavy atom. The van der Waals surface area contributed by atoms with Gasteiger partial charge in [0.1, 0.15) is 5.69 Å². The quantitative estimate of drug-likeness (QED) is 0.364. The number of nitrogens with one attached hydrogen (secondary N) is 4. The summed E-state index contributed by atoms with van der Waals surface area (Å²) in [5, 5.41) is 28.4. The van der Waals surface area contributed by atoms with Crippen LogP contribution < -0.4 is 20.9 Å². The number of likely N-dealkylation sites (tertiary alicyclic amines) is 1. The van der Waals surface area contributed by atoms with Crippen molar-refractivity contribution in [2.75, 3.05) is 56.7 Å². The molecule has 0 radical (unpaired) electrons. The SMILES string of the molecule is CNC(=O)Nc1ccc(-c2nc(C(=N)C3CCN(C(=O)NC(C)C)CC3)c(O)c(N3CCOCC3)n2)cc1. The largest absolute Gasteiger partial charge is 0.503 e. The Kier molecular flexibility index (Phi) is 8.62. The van der Waals surface area contributed by atoms with Gasteiger partial charge in [0.25, 0.3) is 0 Å². The lowest BCUT2D eigenvalue weighted by Crippen LogP contribution is -2.47. The highest BCUT2D eigenvalue weighted by molar-refractivity contribution is 6.02. The summed E-state index contributed by atoms with van der Waals surface area (Å²) in [6.07, 6.45) is 1.21. The number of aromatic nitrogens is 2. The molecule has 2 fully saturated rings. The zero-order valence-electron chi connectivity index (χ0n) is 22.1. The molecular formula is C26H36N8O4. The molecule has 2 aliphatic rings. The summed E-state index contributed by atoms with van der Waals surface area (Å²) < 4.78 is 5.47. The van der Waals surface area contributed by atoms with Crippen LogP contribution in [0.2, 0.25) is 0 Å². The van der Waals surface area contributed by atoms with Crippen molar-refractivity contribution >= 4 is 29.3 Å². The molecule has 0 unspecified atom stereocenters. The third-order valence-electron chi connectivity index (χ3n) is 6.66. The number of urea groups is 2. The van der Waals surface area contributed by atoms with Gasteiger partial charge >= 0.3 is 12.1 Å². The van der Waals surface area contributed by atoms with Crippen LogP contribution in [-0.4, -0.2) is 90.2 Å². The number of hydrogen-bond donors (Lipinski definition) is 5. The van der Waals surface area contributed by atoms with E-state index in [2.05, 4.69) is 25.9 Å². The van der Waals surface area contributed by atoms with E-state index in [-0.39, 0.29) is 41.2 Å². The lowest BCUT2D eigenvalue weighted by Gasteiger charge is -2.33. The second-order valence-electron chi connectivity index (χ2n) is 9.73. The first-order valence-corrected chi connectivity index (χ1v) is 12.9. The molecule has 2 aromatic rings. The first kappa shape index (κ1) is 27.1. The van der Waals surface area contributed by atoms with Gasteiger partial charge in [-0.05, 0) is 51.0 Å². The van der Waals surface area contributed by atoms with Gasteiger partial charge in [-0.1, -0.05) is 0 Å². The number of nitrogens with zero attached hydrogens (tertiary/aromatic N) is 4. The molecule has 0 spiro atoms. The van der Waals surface area contributed by atoms with E-state index in [1.54, 1.807) is 36.2 Å². The fraction of sp³-hybridized carbons (Fsp3) is 0.500. The van der Waals surface area contributed by atoms with Gasteiger partial charge in [-0.25, -0.2) is 19.6 Å². The zero-order chi connectivity index (χ0) is 27.2. The summed E-state index contributed by atoms with van der Waals surface area (Å²) in [7, 11) is 1.54. The molecule has 2 aliphatic heterocycles. The number of hydrogen-bond acceptors (Lipinski definition) is 8. The summed E-state index contributed by atoms with van der Waals surface area (Å²) in [5.74, 6) is 0.491. The molecule has 0 bridgehead atoms. The third kappa shape index (κ3) is 6.31. The lowest BCUT2D eigenvalue weighted by molar-refractivity contribution is 0.122. The second-order valence-corrected chi connectivity index (χ2v) is 9.73. The van der Waals surface area contributed by atoms with Crippen molar-refractivity contribution < 1.29 is 19.4 Å². The van der Waals surface area contributed by atoms with E-state index < -0.39 is 0 Å². The van der Waals surface area contributed by atoms with Crippen molar-refractivity contribution in [2.45, 2.75) is 32.7 Å². The molecule has 1 aromatic carbocycles. The number of morpholine rings is 1. The van der Waals surface area contributed by atoms with Crippen molar-refractivity contribution in [1.82, 2.24) is 25.5 Å². The van der Waals surface area contributed by atoms with E-state index in [4.69, 9.17) is 10.1 Å². The van der Waals surface area contributed by atoms with E-state index in [1.165, 1.54) is 0 Å². The lowest BCUT2D eigenvalue weighted by atomic mass is 9.90. The molecular weight excluding hydrogens is 488 g/mol. The standard InChI is InChI=1S/C26H36N8O4/c1-16(2)29-26(37)34-10-8-17(9-11-34)20(27)21-22(35)24(33-12-14-38-15-13-33)32-23(31-21)18-4-6-19(7-5-18)30-25(36)28-3/h4-7,16-17,27,35H,8-15H2,1-3H3,(H,29,37)(H2,28,30,36). The highest BCUT2D eigenvalue weighted by Crippen LogP contribution is 2.34. The average Bonchev–Trinajstić information content (AvgIpc) is 2.93. The van der Waals surface area contributed by atoms with E-state index in [0.29, 0.717) is 75.1 Å². The Labute approximate surface area is 222 Å². The Hall–Kier alpha value is -3.93. The van der Waals surface area contributed by atoms with Crippen LogP contribution in [0.3, 0.4) is 0 Å². The predicted molar refractivity (Wildman–Crippen MR) is 145 cm³/mol. The van der Waals surface area contributed by atoms with Crippen LogP contribution in [0.4, 0.5) is 21.1 Å². The van der Waals surface area contributed by atoms with Gasteiger partial charge < -0.3 is 41.0 Å². The molecule has 0 atom stereocenters. The highest BCUT2D eigenvalue weighted by Gasteiger charge is 2.30. The number of rotatable bonds is 6. The van der Waals surface area contributed by atoms with Crippen LogP contribution in [0.1, 0.15) is 32.4 Å². The van der Waals surface area contributed by atoms with E-state index in [0.717, 1.165) is 0 Å². The Morgan fingerprint density at radius 2 is 1.74 bits per heavy atom. The van der Waals surface area contributed by atoms with Crippen LogP contribution in [0, 0.1) is 11.3 Å². The number of ether oxygens (including phenoxy) is 1. The normalized spacial score (nSPS) is 16.3. The number of anilines is 2. The molecule has 4 rings (SSSR count). The molecule has 4 amide bonds. The minimum Gasteiger partial charge on any atom is -0.503 e. The molecule has 0 aliphatic carbocycles. The van der Waals surface area contributed by atoms with Crippen molar-refractivity contribution in [3.8, 4) is 17.1 Å². The molecule has 12 nitrogen and oxygen atoms in total. The van der Waals surface area contributed by atoms with Gasteiger partial charge in [0.05, 0.1) is 18.9 Å². The average molecular weight is 525 g/mol. The van der Waals surface area contributed by atoms with Crippen LogP contribution in [0.25, 0.3) is 11.4 Å². The maximum atomic E-state index is 12.4. The topological polar surface area (TPSA) is 156 Å². The van der Waals surface area contributed by atoms with Gasteiger partial charge in [0.15, 0.2) is 17.4 Å². The van der Waals surface area contributed by atoms with Gasteiger partial charge in [0.2, 0.25) is 0 Å². The van der Waals surface area contributed by atoms with Crippen LogP contribution in [-0.2, 0) is 4.74 Å². The number of piperidine rings is 1. The number of benzene rings is 1. The fourth-order valence-electron chi connectivity index (χ4n) is 4.55. The first-order valence-electron chi connectivity index (χ1n) is 12.9. The number of carbonyl (C=O) groups excluding carboxylic acids is 2. The third-order valence-corrected chi connectivity index (χ3v) is 6.66. The summed E-state index contributed by atoms with van der Waals surface area (Å²) in [4.78, 5) is 37.0. The Balaban J connectivity index is 1.60. The molecule has 1 aromatic heterocycles.